The number of hydrogen-bond acceptors (Lipinski definition) is 5. The predicted octanol–water partition coefficient (Wildman–Crippen LogP) is 2.68. The van der Waals surface area contributed by atoms with Crippen molar-refractivity contribution in [3.8, 4) is 11.4 Å². The largest absolute Gasteiger partial charge is 0.351 e. The van der Waals surface area contributed by atoms with E-state index >= 15 is 0 Å². The summed E-state index contributed by atoms with van der Waals surface area (Å²) in [5.74, 6) is 0.893. The lowest BCUT2D eigenvalue weighted by molar-refractivity contribution is 0.0721. The second-order valence-electron chi connectivity index (χ2n) is 6.09. The maximum Gasteiger partial charge on any atom is 0.292 e. The van der Waals surface area contributed by atoms with Crippen molar-refractivity contribution >= 4 is 5.91 Å². The highest BCUT2D eigenvalue weighted by atomic mass is 16.5. The fourth-order valence-corrected chi connectivity index (χ4v) is 3.19. The van der Waals surface area contributed by atoms with Gasteiger partial charge in [-0.25, -0.2) is 9.97 Å². The lowest BCUT2D eigenvalue weighted by atomic mass is 10.1. The number of carbonyl (C=O) groups is 1. The number of amides is 1. The van der Waals surface area contributed by atoms with Crippen LogP contribution >= 0.6 is 0 Å². The van der Waals surface area contributed by atoms with Gasteiger partial charge in [-0.05, 0) is 18.9 Å². The SMILES string of the molecule is Cc1nc(-c2ccccc2)nc2c1CCN(C(=O)c1ccno1)CC2. The zero-order chi connectivity index (χ0) is 17.2. The molecule has 2 aromatic heterocycles. The van der Waals surface area contributed by atoms with Crippen LogP contribution in [0.15, 0.2) is 47.1 Å². The molecule has 6 nitrogen and oxygen atoms in total. The smallest absolute Gasteiger partial charge is 0.292 e. The summed E-state index contributed by atoms with van der Waals surface area (Å²) in [6.45, 7) is 3.25. The Labute approximate surface area is 145 Å². The zero-order valence-electron chi connectivity index (χ0n) is 14.0. The van der Waals surface area contributed by atoms with E-state index in [4.69, 9.17) is 9.51 Å². The summed E-state index contributed by atoms with van der Waals surface area (Å²) in [6.07, 6.45) is 2.94. The first-order chi connectivity index (χ1) is 12.2. The van der Waals surface area contributed by atoms with Gasteiger partial charge in [-0.2, -0.15) is 0 Å². The van der Waals surface area contributed by atoms with E-state index in [0.29, 0.717) is 19.5 Å². The third kappa shape index (κ3) is 3.03. The first kappa shape index (κ1) is 15.5. The maximum absolute atomic E-state index is 12.5. The Morgan fingerprint density at radius 3 is 2.64 bits per heavy atom. The normalized spacial score (nSPS) is 14.0. The number of hydrogen-bond donors (Lipinski definition) is 0. The molecular formula is C19H18N4O2. The molecule has 3 aromatic rings. The summed E-state index contributed by atoms with van der Waals surface area (Å²) in [5.41, 5.74) is 4.16. The highest BCUT2D eigenvalue weighted by molar-refractivity contribution is 5.91. The predicted molar refractivity (Wildman–Crippen MR) is 92.0 cm³/mol. The summed E-state index contributed by atoms with van der Waals surface area (Å²) in [4.78, 5) is 23.7. The van der Waals surface area contributed by atoms with Gasteiger partial charge in [-0.3, -0.25) is 4.79 Å². The molecule has 0 atom stereocenters. The molecule has 6 heteroatoms. The third-order valence-electron chi connectivity index (χ3n) is 4.52. The van der Waals surface area contributed by atoms with Crippen LogP contribution < -0.4 is 0 Å². The molecule has 0 fully saturated rings. The zero-order valence-corrected chi connectivity index (χ0v) is 14.0. The number of benzene rings is 1. The van der Waals surface area contributed by atoms with Gasteiger partial charge in [0, 0.05) is 42.5 Å². The number of aromatic nitrogens is 3. The average Bonchev–Trinajstić information content (AvgIpc) is 3.09. The minimum atomic E-state index is -0.126. The van der Waals surface area contributed by atoms with Gasteiger partial charge in [-0.15, -0.1) is 0 Å². The van der Waals surface area contributed by atoms with Gasteiger partial charge in [0.2, 0.25) is 5.76 Å². The van der Waals surface area contributed by atoms with Crippen LogP contribution in [-0.4, -0.2) is 39.0 Å². The van der Waals surface area contributed by atoms with E-state index in [-0.39, 0.29) is 11.7 Å². The molecule has 0 spiro atoms. The monoisotopic (exact) mass is 334 g/mol. The van der Waals surface area contributed by atoms with Gasteiger partial charge in [-0.1, -0.05) is 35.5 Å². The van der Waals surface area contributed by atoms with Crippen molar-refractivity contribution < 1.29 is 9.32 Å². The molecule has 4 rings (SSSR count). The second kappa shape index (κ2) is 6.47. The molecule has 0 bridgehead atoms. The molecule has 1 aliphatic rings. The molecule has 1 aliphatic heterocycles. The Morgan fingerprint density at radius 2 is 1.88 bits per heavy atom. The fourth-order valence-electron chi connectivity index (χ4n) is 3.19. The third-order valence-corrected chi connectivity index (χ3v) is 4.52. The van der Waals surface area contributed by atoms with Crippen molar-refractivity contribution in [1.82, 2.24) is 20.0 Å². The average molecular weight is 334 g/mol. The van der Waals surface area contributed by atoms with Gasteiger partial charge in [0.15, 0.2) is 5.82 Å². The highest BCUT2D eigenvalue weighted by Crippen LogP contribution is 2.22. The standard InChI is InChI=1S/C19H18N4O2/c1-13-15-8-11-23(19(24)17-7-10-20-25-17)12-9-16(15)22-18(21-13)14-5-3-2-4-6-14/h2-7,10H,8-9,11-12H2,1H3. The van der Waals surface area contributed by atoms with Crippen molar-refractivity contribution in [2.75, 3.05) is 13.1 Å². The molecule has 0 saturated heterocycles. The Morgan fingerprint density at radius 1 is 1.08 bits per heavy atom. The van der Waals surface area contributed by atoms with Gasteiger partial charge < -0.3 is 9.42 Å². The van der Waals surface area contributed by atoms with Crippen molar-refractivity contribution in [3.05, 3.63) is 65.3 Å². The molecule has 0 aliphatic carbocycles. The Bertz CT molecular complexity index is 891. The quantitative estimate of drug-likeness (QED) is 0.720. The summed E-state index contributed by atoms with van der Waals surface area (Å²) in [6, 6.07) is 11.6. The van der Waals surface area contributed by atoms with E-state index in [1.807, 2.05) is 37.3 Å². The highest BCUT2D eigenvalue weighted by Gasteiger charge is 2.24. The number of carbonyl (C=O) groups excluding carboxylic acids is 1. The molecule has 0 N–H and O–H groups in total. The first-order valence-electron chi connectivity index (χ1n) is 8.34. The van der Waals surface area contributed by atoms with Crippen LogP contribution in [-0.2, 0) is 12.8 Å². The summed E-state index contributed by atoms with van der Waals surface area (Å²) in [5, 5.41) is 3.62. The molecular weight excluding hydrogens is 316 g/mol. The number of nitrogens with zero attached hydrogens (tertiary/aromatic N) is 4. The maximum atomic E-state index is 12.5. The molecule has 0 unspecified atom stereocenters. The van der Waals surface area contributed by atoms with Crippen LogP contribution in [0.25, 0.3) is 11.4 Å². The number of aryl methyl sites for hydroxylation is 1. The lowest BCUT2D eigenvalue weighted by Gasteiger charge is -2.18. The Hall–Kier alpha value is -3.02. The fraction of sp³-hybridized carbons (Fsp3) is 0.263. The lowest BCUT2D eigenvalue weighted by Crippen LogP contribution is -2.33. The first-order valence-corrected chi connectivity index (χ1v) is 8.34. The molecule has 25 heavy (non-hydrogen) atoms. The summed E-state index contributed by atoms with van der Waals surface area (Å²) < 4.78 is 5.00. The minimum absolute atomic E-state index is 0.126. The second-order valence-corrected chi connectivity index (χ2v) is 6.09. The van der Waals surface area contributed by atoms with Crippen molar-refractivity contribution in [2.45, 2.75) is 19.8 Å². The number of rotatable bonds is 2. The van der Waals surface area contributed by atoms with Gasteiger partial charge in [0.05, 0.1) is 6.20 Å². The van der Waals surface area contributed by atoms with E-state index in [2.05, 4.69) is 10.1 Å². The van der Waals surface area contributed by atoms with E-state index < -0.39 is 0 Å². The molecule has 1 aromatic carbocycles. The van der Waals surface area contributed by atoms with Crippen molar-refractivity contribution in [3.63, 3.8) is 0 Å². The molecule has 0 radical (unpaired) electrons. The van der Waals surface area contributed by atoms with Crippen molar-refractivity contribution in [1.29, 1.82) is 0 Å². The molecule has 3 heterocycles. The van der Waals surface area contributed by atoms with E-state index in [0.717, 1.165) is 34.8 Å². The van der Waals surface area contributed by atoms with Crippen molar-refractivity contribution in [2.24, 2.45) is 0 Å². The molecule has 126 valence electrons. The van der Waals surface area contributed by atoms with Crippen LogP contribution in [0.3, 0.4) is 0 Å². The Balaban J connectivity index is 1.61. The van der Waals surface area contributed by atoms with E-state index in [9.17, 15) is 4.79 Å². The summed E-state index contributed by atoms with van der Waals surface area (Å²) in [7, 11) is 0. The molecule has 0 saturated carbocycles. The van der Waals surface area contributed by atoms with Crippen LogP contribution in [0.5, 0.6) is 0 Å². The van der Waals surface area contributed by atoms with Crippen LogP contribution in [0.1, 0.15) is 27.5 Å². The topological polar surface area (TPSA) is 72.1 Å². The van der Waals surface area contributed by atoms with Crippen LogP contribution in [0.4, 0.5) is 0 Å². The van der Waals surface area contributed by atoms with Gasteiger partial charge >= 0.3 is 0 Å². The van der Waals surface area contributed by atoms with Crippen LogP contribution in [0.2, 0.25) is 0 Å². The van der Waals surface area contributed by atoms with E-state index in [1.54, 1.807) is 11.0 Å². The van der Waals surface area contributed by atoms with Crippen LogP contribution in [0, 0.1) is 6.92 Å². The van der Waals surface area contributed by atoms with Gasteiger partial charge in [0.25, 0.3) is 5.91 Å². The summed E-state index contributed by atoms with van der Waals surface area (Å²) >= 11 is 0. The number of fused-ring (bicyclic) bond motifs is 1. The Kier molecular flexibility index (Phi) is 4.01. The van der Waals surface area contributed by atoms with E-state index in [1.165, 1.54) is 6.20 Å². The van der Waals surface area contributed by atoms with Gasteiger partial charge in [0.1, 0.15) is 0 Å². The minimum Gasteiger partial charge on any atom is -0.351 e. The molecule has 1 amide bonds.